The van der Waals surface area contributed by atoms with E-state index >= 15 is 0 Å². The zero-order valence-corrected chi connectivity index (χ0v) is 11.0. The van der Waals surface area contributed by atoms with Gasteiger partial charge in [-0.25, -0.2) is 4.98 Å². The second-order valence-electron chi connectivity index (χ2n) is 5.41. The fourth-order valence-corrected chi connectivity index (χ4v) is 3.11. The SMILES string of the molecule is C[C@H](N)c1nc2ccccc2n1C1CCCCC1. The van der Waals surface area contributed by atoms with E-state index in [1.807, 2.05) is 13.0 Å². The van der Waals surface area contributed by atoms with Gasteiger partial charge in [-0.3, -0.25) is 0 Å². The predicted octanol–water partition coefficient (Wildman–Crippen LogP) is 3.56. The fourth-order valence-electron chi connectivity index (χ4n) is 3.11. The molecule has 0 radical (unpaired) electrons. The van der Waals surface area contributed by atoms with Crippen LogP contribution in [0.4, 0.5) is 0 Å². The quantitative estimate of drug-likeness (QED) is 0.876. The van der Waals surface area contributed by atoms with Crippen molar-refractivity contribution in [2.45, 2.75) is 51.1 Å². The van der Waals surface area contributed by atoms with Crippen molar-refractivity contribution in [3.05, 3.63) is 30.1 Å². The molecule has 0 aliphatic heterocycles. The minimum Gasteiger partial charge on any atom is -0.324 e. The number of hydrogen-bond acceptors (Lipinski definition) is 2. The van der Waals surface area contributed by atoms with Crippen molar-refractivity contribution in [1.82, 2.24) is 9.55 Å². The number of aromatic nitrogens is 2. The van der Waals surface area contributed by atoms with Gasteiger partial charge in [-0.15, -0.1) is 0 Å². The molecule has 3 nitrogen and oxygen atoms in total. The lowest BCUT2D eigenvalue weighted by Gasteiger charge is -2.26. The number of imidazole rings is 1. The predicted molar refractivity (Wildman–Crippen MR) is 74.5 cm³/mol. The number of rotatable bonds is 2. The molecule has 1 atom stereocenters. The van der Waals surface area contributed by atoms with Crippen molar-refractivity contribution in [2.24, 2.45) is 5.73 Å². The van der Waals surface area contributed by atoms with Gasteiger partial charge in [0.2, 0.25) is 0 Å². The second-order valence-corrected chi connectivity index (χ2v) is 5.41. The highest BCUT2D eigenvalue weighted by molar-refractivity contribution is 5.76. The van der Waals surface area contributed by atoms with Crippen LogP contribution in [-0.4, -0.2) is 9.55 Å². The van der Waals surface area contributed by atoms with Crippen molar-refractivity contribution in [3.63, 3.8) is 0 Å². The summed E-state index contributed by atoms with van der Waals surface area (Å²) in [6.45, 7) is 2.03. The summed E-state index contributed by atoms with van der Waals surface area (Å²) in [7, 11) is 0. The van der Waals surface area contributed by atoms with E-state index in [2.05, 4.69) is 22.8 Å². The van der Waals surface area contributed by atoms with E-state index in [1.54, 1.807) is 0 Å². The molecule has 1 fully saturated rings. The Morgan fingerprint density at radius 2 is 1.94 bits per heavy atom. The highest BCUT2D eigenvalue weighted by Gasteiger charge is 2.22. The third-order valence-corrected chi connectivity index (χ3v) is 3.97. The molecule has 1 saturated carbocycles. The first-order valence-electron chi connectivity index (χ1n) is 7.00. The zero-order valence-electron chi connectivity index (χ0n) is 11.0. The van der Waals surface area contributed by atoms with Gasteiger partial charge in [0.05, 0.1) is 17.1 Å². The summed E-state index contributed by atoms with van der Waals surface area (Å²) in [5.41, 5.74) is 8.43. The molecule has 3 heteroatoms. The highest BCUT2D eigenvalue weighted by atomic mass is 15.1. The van der Waals surface area contributed by atoms with Crippen LogP contribution in [0.25, 0.3) is 11.0 Å². The Balaban J connectivity index is 2.14. The number of hydrogen-bond donors (Lipinski definition) is 1. The van der Waals surface area contributed by atoms with E-state index in [1.165, 1.54) is 37.6 Å². The first-order chi connectivity index (χ1) is 8.77. The van der Waals surface area contributed by atoms with Gasteiger partial charge in [0.25, 0.3) is 0 Å². The summed E-state index contributed by atoms with van der Waals surface area (Å²) >= 11 is 0. The van der Waals surface area contributed by atoms with Crippen LogP contribution in [-0.2, 0) is 0 Å². The van der Waals surface area contributed by atoms with Crippen LogP contribution in [0, 0.1) is 0 Å². The molecule has 1 heterocycles. The number of benzene rings is 1. The molecular weight excluding hydrogens is 222 g/mol. The van der Waals surface area contributed by atoms with Crippen LogP contribution >= 0.6 is 0 Å². The molecule has 0 spiro atoms. The molecule has 18 heavy (non-hydrogen) atoms. The summed E-state index contributed by atoms with van der Waals surface area (Å²) in [5.74, 6) is 1.04. The monoisotopic (exact) mass is 243 g/mol. The largest absolute Gasteiger partial charge is 0.324 e. The Labute approximate surface area is 108 Å². The van der Waals surface area contributed by atoms with Crippen LogP contribution in [0.1, 0.15) is 56.9 Å². The van der Waals surface area contributed by atoms with Crippen LogP contribution in [0.2, 0.25) is 0 Å². The summed E-state index contributed by atoms with van der Waals surface area (Å²) in [6.07, 6.45) is 6.56. The molecule has 0 unspecified atom stereocenters. The zero-order chi connectivity index (χ0) is 12.5. The van der Waals surface area contributed by atoms with Gasteiger partial charge < -0.3 is 10.3 Å². The Kier molecular flexibility index (Phi) is 3.08. The summed E-state index contributed by atoms with van der Waals surface area (Å²) in [5, 5.41) is 0. The van der Waals surface area contributed by atoms with Crippen molar-refractivity contribution >= 4 is 11.0 Å². The molecule has 0 saturated heterocycles. The van der Waals surface area contributed by atoms with Crippen LogP contribution < -0.4 is 5.73 Å². The van der Waals surface area contributed by atoms with Crippen LogP contribution in [0.5, 0.6) is 0 Å². The third-order valence-electron chi connectivity index (χ3n) is 3.97. The average Bonchev–Trinajstić information content (AvgIpc) is 2.79. The third kappa shape index (κ3) is 1.93. The van der Waals surface area contributed by atoms with E-state index in [0.29, 0.717) is 6.04 Å². The molecule has 3 rings (SSSR count). The first-order valence-corrected chi connectivity index (χ1v) is 7.00. The Hall–Kier alpha value is -1.35. The van der Waals surface area contributed by atoms with Crippen molar-refractivity contribution in [1.29, 1.82) is 0 Å². The van der Waals surface area contributed by atoms with Crippen LogP contribution in [0.15, 0.2) is 24.3 Å². The molecule has 1 aromatic heterocycles. The molecule has 0 bridgehead atoms. The van der Waals surface area contributed by atoms with Gasteiger partial charge >= 0.3 is 0 Å². The van der Waals surface area contributed by atoms with Crippen molar-refractivity contribution < 1.29 is 0 Å². The van der Waals surface area contributed by atoms with Gasteiger partial charge in [0.15, 0.2) is 0 Å². The lowest BCUT2D eigenvalue weighted by molar-refractivity contribution is 0.348. The van der Waals surface area contributed by atoms with Gasteiger partial charge in [-0.2, -0.15) is 0 Å². The Bertz CT molecular complexity index is 536. The molecule has 1 aliphatic carbocycles. The van der Waals surface area contributed by atoms with Crippen LogP contribution in [0.3, 0.4) is 0 Å². The minimum absolute atomic E-state index is 0.000624. The number of nitrogens with zero attached hydrogens (tertiary/aromatic N) is 2. The topological polar surface area (TPSA) is 43.8 Å². The Morgan fingerprint density at radius 1 is 1.22 bits per heavy atom. The van der Waals surface area contributed by atoms with E-state index in [4.69, 9.17) is 10.7 Å². The van der Waals surface area contributed by atoms with E-state index < -0.39 is 0 Å². The first kappa shape index (κ1) is 11.7. The smallest absolute Gasteiger partial charge is 0.126 e. The molecule has 96 valence electrons. The summed E-state index contributed by atoms with van der Waals surface area (Å²) < 4.78 is 2.40. The van der Waals surface area contributed by atoms with Crippen molar-refractivity contribution in [2.75, 3.05) is 0 Å². The maximum Gasteiger partial charge on any atom is 0.126 e. The maximum atomic E-state index is 6.10. The highest BCUT2D eigenvalue weighted by Crippen LogP contribution is 2.33. The second kappa shape index (κ2) is 4.73. The van der Waals surface area contributed by atoms with Crippen molar-refractivity contribution in [3.8, 4) is 0 Å². The molecule has 2 N–H and O–H groups in total. The summed E-state index contributed by atoms with van der Waals surface area (Å²) in [6, 6.07) is 8.98. The fraction of sp³-hybridized carbons (Fsp3) is 0.533. The molecular formula is C15H21N3. The lowest BCUT2D eigenvalue weighted by Crippen LogP contribution is -2.19. The molecule has 2 aromatic rings. The lowest BCUT2D eigenvalue weighted by atomic mass is 9.95. The molecule has 0 amide bonds. The van der Waals surface area contributed by atoms with E-state index in [9.17, 15) is 0 Å². The van der Waals surface area contributed by atoms with Gasteiger partial charge in [-0.1, -0.05) is 31.4 Å². The number of fused-ring (bicyclic) bond motifs is 1. The maximum absolute atomic E-state index is 6.10. The molecule has 1 aromatic carbocycles. The Morgan fingerprint density at radius 3 is 2.67 bits per heavy atom. The van der Waals surface area contributed by atoms with Gasteiger partial charge in [0.1, 0.15) is 5.82 Å². The molecule has 1 aliphatic rings. The normalized spacial score (nSPS) is 19.2. The minimum atomic E-state index is -0.000624. The standard InChI is InChI=1S/C15H21N3/c1-11(16)15-17-13-9-5-6-10-14(13)18(15)12-7-3-2-4-8-12/h5-6,9-12H,2-4,7-8,16H2,1H3/t11-/m0/s1. The number of nitrogens with two attached hydrogens (primary N) is 1. The van der Waals surface area contributed by atoms with Gasteiger partial charge in [0, 0.05) is 6.04 Å². The van der Waals surface area contributed by atoms with E-state index in [-0.39, 0.29) is 6.04 Å². The van der Waals surface area contributed by atoms with E-state index in [0.717, 1.165) is 11.3 Å². The number of para-hydroxylation sites is 2. The summed E-state index contributed by atoms with van der Waals surface area (Å²) in [4.78, 5) is 4.73. The average molecular weight is 243 g/mol. The van der Waals surface area contributed by atoms with Gasteiger partial charge in [-0.05, 0) is 31.9 Å².